The number of ketones is 1. The lowest BCUT2D eigenvalue weighted by Crippen LogP contribution is -2.26. The summed E-state index contributed by atoms with van der Waals surface area (Å²) in [6, 6.07) is 11.8. The van der Waals surface area contributed by atoms with Crippen LogP contribution in [0.2, 0.25) is 0 Å². The minimum absolute atomic E-state index is 0.179. The van der Waals surface area contributed by atoms with Gasteiger partial charge in [-0.15, -0.1) is 0 Å². The first-order valence-corrected chi connectivity index (χ1v) is 10.4. The normalized spacial score (nSPS) is 18.6. The Kier molecular flexibility index (Phi) is 3.67. The Labute approximate surface area is 170 Å². The van der Waals surface area contributed by atoms with Crippen molar-refractivity contribution in [3.05, 3.63) is 65.2 Å². The molecule has 0 radical (unpaired) electrons. The fraction of sp³-hybridized carbons (Fsp3) is 0.190. The number of carbonyl (C=O) groups is 1. The van der Waals surface area contributed by atoms with Crippen LogP contribution in [0.1, 0.15) is 36.5 Å². The molecule has 144 valence electrons. The summed E-state index contributed by atoms with van der Waals surface area (Å²) >= 11 is 1.44. The molecule has 8 heteroatoms. The highest BCUT2D eigenvalue weighted by atomic mass is 32.2. The van der Waals surface area contributed by atoms with Crippen molar-refractivity contribution in [2.45, 2.75) is 35.4 Å². The lowest BCUT2D eigenvalue weighted by molar-refractivity contribution is -0.116. The highest BCUT2D eigenvalue weighted by Crippen LogP contribution is 2.45. The van der Waals surface area contributed by atoms with E-state index in [9.17, 15) is 4.79 Å². The lowest BCUT2D eigenvalue weighted by atomic mass is 9.79. The molecule has 4 heterocycles. The smallest absolute Gasteiger partial charge is 0.174 e. The number of nitrogens with one attached hydrogen (secondary N) is 3. The van der Waals surface area contributed by atoms with E-state index in [0.29, 0.717) is 6.42 Å². The van der Waals surface area contributed by atoms with Gasteiger partial charge in [0.05, 0.1) is 17.0 Å². The second-order valence-corrected chi connectivity index (χ2v) is 8.23. The molecule has 4 aromatic rings. The minimum Gasteiger partial charge on any atom is -0.453 e. The molecule has 0 fully saturated rings. The average Bonchev–Trinajstić information content (AvgIpc) is 3.45. The third-order valence-corrected chi connectivity index (χ3v) is 6.25. The highest BCUT2D eigenvalue weighted by Gasteiger charge is 2.38. The van der Waals surface area contributed by atoms with Gasteiger partial charge in [-0.05, 0) is 48.9 Å². The number of rotatable bonds is 3. The van der Waals surface area contributed by atoms with Gasteiger partial charge in [0, 0.05) is 29.5 Å². The molecule has 0 unspecified atom stereocenters. The molecule has 2 aliphatic rings. The van der Waals surface area contributed by atoms with Crippen molar-refractivity contribution < 1.29 is 9.21 Å². The monoisotopic (exact) mass is 403 g/mol. The molecule has 7 nitrogen and oxygen atoms in total. The van der Waals surface area contributed by atoms with E-state index in [1.54, 1.807) is 0 Å². The van der Waals surface area contributed by atoms with Gasteiger partial charge in [-0.2, -0.15) is 5.10 Å². The number of Topliss-reactive ketones (excluding diaryl/α,β-unsaturated/α-hetero) is 1. The Balaban J connectivity index is 1.37. The van der Waals surface area contributed by atoms with Gasteiger partial charge in [0.15, 0.2) is 21.8 Å². The predicted octanol–water partition coefficient (Wildman–Crippen LogP) is 4.59. The van der Waals surface area contributed by atoms with Gasteiger partial charge in [-0.1, -0.05) is 12.1 Å². The SMILES string of the molecule is O=C1CCCC2=C1[C@@H](c1ccc(Sc3nc4ccccc4[nH]3)o1)c1c[nH]nc1N2. The van der Waals surface area contributed by atoms with Crippen molar-refractivity contribution in [2.24, 2.45) is 0 Å². The number of carbonyl (C=O) groups excluding carboxylic acids is 1. The number of nitrogens with zero attached hydrogens (tertiary/aromatic N) is 2. The molecule has 0 saturated carbocycles. The zero-order valence-corrected chi connectivity index (χ0v) is 16.2. The quantitative estimate of drug-likeness (QED) is 0.462. The molecule has 3 aromatic heterocycles. The number of allylic oxidation sites excluding steroid dienone is 2. The van der Waals surface area contributed by atoms with E-state index in [1.165, 1.54) is 11.8 Å². The van der Waals surface area contributed by atoms with Gasteiger partial charge in [-0.3, -0.25) is 9.89 Å². The highest BCUT2D eigenvalue weighted by molar-refractivity contribution is 7.99. The van der Waals surface area contributed by atoms with Crippen LogP contribution in [0.3, 0.4) is 0 Å². The molecule has 0 saturated heterocycles. The molecule has 0 amide bonds. The van der Waals surface area contributed by atoms with E-state index < -0.39 is 0 Å². The summed E-state index contributed by atoms with van der Waals surface area (Å²) in [4.78, 5) is 20.6. The summed E-state index contributed by atoms with van der Waals surface area (Å²) in [6.07, 6.45) is 4.13. The molecule has 3 N–H and O–H groups in total. The van der Waals surface area contributed by atoms with Crippen LogP contribution in [-0.2, 0) is 4.79 Å². The fourth-order valence-electron chi connectivity index (χ4n) is 4.16. The van der Waals surface area contributed by atoms with Gasteiger partial charge in [0.1, 0.15) is 5.76 Å². The average molecular weight is 403 g/mol. The summed E-state index contributed by atoms with van der Waals surface area (Å²) < 4.78 is 6.19. The van der Waals surface area contributed by atoms with Crippen LogP contribution in [0.4, 0.5) is 5.82 Å². The maximum absolute atomic E-state index is 12.8. The van der Waals surface area contributed by atoms with Crippen molar-refractivity contribution >= 4 is 34.4 Å². The maximum atomic E-state index is 12.8. The molecule has 29 heavy (non-hydrogen) atoms. The number of hydrogen-bond donors (Lipinski definition) is 3. The molecule has 1 aliphatic heterocycles. The fourth-order valence-corrected chi connectivity index (χ4v) is 4.93. The second-order valence-electron chi connectivity index (χ2n) is 7.23. The summed E-state index contributed by atoms with van der Waals surface area (Å²) in [5.74, 6) is 1.46. The maximum Gasteiger partial charge on any atom is 0.174 e. The van der Waals surface area contributed by atoms with E-state index in [4.69, 9.17) is 4.42 Å². The molecular weight excluding hydrogens is 386 g/mol. The van der Waals surface area contributed by atoms with Crippen LogP contribution in [0.15, 0.2) is 68.5 Å². The van der Waals surface area contributed by atoms with Gasteiger partial charge < -0.3 is 14.7 Å². The molecular formula is C21H17N5O2S. The summed E-state index contributed by atoms with van der Waals surface area (Å²) in [7, 11) is 0. The number of benzene rings is 1. The Hall–Kier alpha value is -3.26. The van der Waals surface area contributed by atoms with Gasteiger partial charge in [0.2, 0.25) is 0 Å². The first-order chi connectivity index (χ1) is 14.3. The van der Waals surface area contributed by atoms with Gasteiger partial charge in [0.25, 0.3) is 0 Å². The molecule has 1 aromatic carbocycles. The van der Waals surface area contributed by atoms with E-state index >= 15 is 0 Å². The molecule has 1 atom stereocenters. The Morgan fingerprint density at radius 3 is 3.00 bits per heavy atom. The van der Waals surface area contributed by atoms with E-state index in [2.05, 4.69) is 25.5 Å². The van der Waals surface area contributed by atoms with Crippen molar-refractivity contribution in [1.29, 1.82) is 0 Å². The van der Waals surface area contributed by atoms with Crippen LogP contribution in [0.25, 0.3) is 11.0 Å². The van der Waals surface area contributed by atoms with Crippen LogP contribution < -0.4 is 5.32 Å². The number of furan rings is 1. The largest absolute Gasteiger partial charge is 0.453 e. The van der Waals surface area contributed by atoms with Crippen LogP contribution in [0.5, 0.6) is 0 Å². The topological polar surface area (TPSA) is 99.6 Å². The van der Waals surface area contributed by atoms with Gasteiger partial charge >= 0.3 is 0 Å². The van der Waals surface area contributed by atoms with Crippen molar-refractivity contribution in [2.75, 3.05) is 5.32 Å². The first-order valence-electron chi connectivity index (χ1n) is 9.55. The van der Waals surface area contributed by atoms with Gasteiger partial charge in [-0.25, -0.2) is 4.98 Å². The van der Waals surface area contributed by atoms with Crippen LogP contribution in [-0.4, -0.2) is 25.9 Å². The number of aromatic amines is 2. The summed E-state index contributed by atoms with van der Waals surface area (Å²) in [5, 5.41) is 12.0. The van der Waals surface area contributed by atoms with E-state index in [0.717, 1.165) is 62.5 Å². The van der Waals surface area contributed by atoms with E-state index in [1.807, 2.05) is 42.6 Å². The first kappa shape index (κ1) is 16.7. The number of hydrogen-bond acceptors (Lipinski definition) is 6. The summed E-state index contributed by atoms with van der Waals surface area (Å²) in [5.41, 5.74) is 4.62. The van der Waals surface area contributed by atoms with Crippen molar-refractivity contribution in [3.8, 4) is 0 Å². The Bertz CT molecular complexity index is 1250. The van der Waals surface area contributed by atoms with Crippen molar-refractivity contribution in [3.63, 3.8) is 0 Å². The van der Waals surface area contributed by atoms with Crippen LogP contribution in [0, 0.1) is 0 Å². The molecule has 0 bridgehead atoms. The summed E-state index contributed by atoms with van der Waals surface area (Å²) in [6.45, 7) is 0. The third kappa shape index (κ3) is 2.71. The third-order valence-electron chi connectivity index (χ3n) is 5.45. The number of para-hydroxylation sites is 2. The van der Waals surface area contributed by atoms with Crippen molar-refractivity contribution in [1.82, 2.24) is 20.2 Å². The lowest BCUT2D eigenvalue weighted by Gasteiger charge is -2.30. The van der Waals surface area contributed by atoms with E-state index in [-0.39, 0.29) is 11.7 Å². The molecule has 1 aliphatic carbocycles. The number of aromatic nitrogens is 4. The zero-order valence-electron chi connectivity index (χ0n) is 15.4. The predicted molar refractivity (Wildman–Crippen MR) is 109 cm³/mol. The second kappa shape index (κ2) is 6.38. The standard InChI is InChI=1S/C21H17N5O2S/c27-15-7-3-6-14-19(15)18(11-10-22-26-20(11)23-14)16-8-9-17(28-16)29-21-24-12-4-1-2-5-13(12)25-21/h1-2,4-5,8-10,18H,3,6-7H2,(H,24,25)(H2,22,23,26)/t18-/m1/s1. The number of fused-ring (bicyclic) bond motifs is 2. The molecule has 6 rings (SSSR count). The number of H-pyrrole nitrogens is 2. The number of imidazole rings is 1. The molecule has 0 spiro atoms. The Morgan fingerprint density at radius 2 is 2.07 bits per heavy atom. The minimum atomic E-state index is -0.238. The van der Waals surface area contributed by atoms with Crippen LogP contribution >= 0.6 is 11.8 Å². The Morgan fingerprint density at radius 1 is 1.14 bits per heavy atom. The number of anilines is 1. The zero-order chi connectivity index (χ0) is 19.4.